The van der Waals surface area contributed by atoms with E-state index < -0.39 is 0 Å². The second kappa shape index (κ2) is 6.18. The van der Waals surface area contributed by atoms with Crippen LogP contribution in [0.2, 0.25) is 0 Å². The maximum atomic E-state index is 9.81. The van der Waals surface area contributed by atoms with Gasteiger partial charge in [0.2, 0.25) is 0 Å². The van der Waals surface area contributed by atoms with Crippen LogP contribution in [0.1, 0.15) is 24.2 Å². The summed E-state index contributed by atoms with van der Waals surface area (Å²) in [6.07, 6.45) is 4.54. The van der Waals surface area contributed by atoms with Crippen molar-refractivity contribution in [1.82, 2.24) is 9.78 Å². The van der Waals surface area contributed by atoms with Gasteiger partial charge in [-0.05, 0) is 37.8 Å². The van der Waals surface area contributed by atoms with Crippen molar-refractivity contribution in [3.05, 3.63) is 17.5 Å². The van der Waals surface area contributed by atoms with Crippen molar-refractivity contribution < 1.29 is 5.11 Å². The van der Waals surface area contributed by atoms with Crippen LogP contribution in [-0.4, -0.2) is 33.0 Å². The third-order valence-corrected chi connectivity index (χ3v) is 3.13. The van der Waals surface area contributed by atoms with Gasteiger partial charge in [0.25, 0.3) is 0 Å². The molecule has 0 fully saturated rings. The second-order valence-corrected chi connectivity index (χ2v) is 4.88. The SMILES string of the molecule is CSCCCC(O)Cc1cc(C)nn1C. The van der Waals surface area contributed by atoms with Crippen molar-refractivity contribution in [3.8, 4) is 0 Å². The summed E-state index contributed by atoms with van der Waals surface area (Å²) in [5.74, 6) is 1.13. The molecule has 15 heavy (non-hydrogen) atoms. The summed E-state index contributed by atoms with van der Waals surface area (Å²) in [4.78, 5) is 0. The van der Waals surface area contributed by atoms with E-state index in [1.807, 2.05) is 36.5 Å². The molecule has 0 amide bonds. The minimum atomic E-state index is -0.230. The Balaban J connectivity index is 2.37. The Labute approximate surface area is 95.9 Å². The summed E-state index contributed by atoms with van der Waals surface area (Å²) >= 11 is 1.83. The fourth-order valence-electron chi connectivity index (χ4n) is 1.66. The topological polar surface area (TPSA) is 38.1 Å². The number of aromatic nitrogens is 2. The van der Waals surface area contributed by atoms with E-state index in [0.717, 1.165) is 30.0 Å². The van der Waals surface area contributed by atoms with E-state index in [4.69, 9.17) is 0 Å². The van der Waals surface area contributed by atoms with Gasteiger partial charge in [0.15, 0.2) is 0 Å². The smallest absolute Gasteiger partial charge is 0.0596 e. The van der Waals surface area contributed by atoms with Crippen LogP contribution >= 0.6 is 11.8 Å². The zero-order valence-corrected chi connectivity index (χ0v) is 10.5. The highest BCUT2D eigenvalue weighted by Crippen LogP contribution is 2.10. The Kier molecular flexibility index (Phi) is 5.19. The molecule has 0 saturated carbocycles. The van der Waals surface area contributed by atoms with Gasteiger partial charge in [0.05, 0.1) is 11.8 Å². The molecule has 0 radical (unpaired) electrons. The first-order valence-corrected chi connectivity index (χ1v) is 6.69. The summed E-state index contributed by atoms with van der Waals surface area (Å²) in [5.41, 5.74) is 2.13. The third-order valence-electron chi connectivity index (χ3n) is 2.43. The van der Waals surface area contributed by atoms with Crippen LogP contribution in [0, 0.1) is 6.92 Å². The highest BCUT2D eigenvalue weighted by atomic mass is 32.2. The zero-order chi connectivity index (χ0) is 11.3. The molecular weight excluding hydrogens is 208 g/mol. The van der Waals surface area contributed by atoms with Crippen LogP contribution in [0.4, 0.5) is 0 Å². The number of aryl methyl sites for hydroxylation is 2. The number of rotatable bonds is 6. The van der Waals surface area contributed by atoms with E-state index in [0.29, 0.717) is 6.42 Å². The van der Waals surface area contributed by atoms with Crippen LogP contribution in [0.15, 0.2) is 6.07 Å². The first kappa shape index (κ1) is 12.6. The molecule has 0 aromatic carbocycles. The van der Waals surface area contributed by atoms with Crippen molar-refractivity contribution in [2.24, 2.45) is 7.05 Å². The molecule has 1 N–H and O–H groups in total. The normalized spacial score (nSPS) is 13.1. The average Bonchev–Trinajstić information content (AvgIpc) is 2.45. The summed E-state index contributed by atoms with van der Waals surface area (Å²) in [5, 5.41) is 14.1. The lowest BCUT2D eigenvalue weighted by atomic mass is 10.1. The minimum absolute atomic E-state index is 0.230. The molecule has 0 aliphatic rings. The predicted molar refractivity (Wildman–Crippen MR) is 65.3 cm³/mol. The predicted octanol–water partition coefficient (Wildman–Crippen LogP) is 1.78. The van der Waals surface area contributed by atoms with E-state index in [1.165, 1.54) is 0 Å². The molecule has 1 unspecified atom stereocenters. The molecule has 1 heterocycles. The summed E-state index contributed by atoms with van der Waals surface area (Å²) in [7, 11) is 1.93. The standard InChI is InChI=1S/C11H20N2OS/c1-9-7-10(13(2)12-9)8-11(14)5-4-6-15-3/h7,11,14H,4-6,8H2,1-3H3. The van der Waals surface area contributed by atoms with Crippen LogP contribution in [0.3, 0.4) is 0 Å². The number of hydrogen-bond donors (Lipinski definition) is 1. The Bertz CT molecular complexity index is 299. The maximum absolute atomic E-state index is 9.81. The van der Waals surface area contributed by atoms with E-state index in [9.17, 15) is 5.11 Å². The Morgan fingerprint density at radius 3 is 2.87 bits per heavy atom. The number of aliphatic hydroxyl groups is 1. The molecule has 1 atom stereocenters. The van der Waals surface area contributed by atoms with Gasteiger partial charge < -0.3 is 5.11 Å². The monoisotopic (exact) mass is 228 g/mol. The highest BCUT2D eigenvalue weighted by Gasteiger charge is 2.09. The molecule has 3 nitrogen and oxygen atoms in total. The van der Waals surface area contributed by atoms with Crippen molar-refractivity contribution >= 4 is 11.8 Å². The van der Waals surface area contributed by atoms with E-state index in [-0.39, 0.29) is 6.10 Å². The van der Waals surface area contributed by atoms with Gasteiger partial charge in [-0.15, -0.1) is 0 Å². The largest absolute Gasteiger partial charge is 0.393 e. The zero-order valence-electron chi connectivity index (χ0n) is 9.73. The molecule has 86 valence electrons. The number of hydrogen-bond acceptors (Lipinski definition) is 3. The van der Waals surface area contributed by atoms with E-state index in [2.05, 4.69) is 11.4 Å². The van der Waals surface area contributed by atoms with Crippen molar-refractivity contribution in [2.75, 3.05) is 12.0 Å². The number of thioether (sulfide) groups is 1. The van der Waals surface area contributed by atoms with Crippen LogP contribution in [-0.2, 0) is 13.5 Å². The van der Waals surface area contributed by atoms with Crippen LogP contribution < -0.4 is 0 Å². The number of nitrogens with zero attached hydrogens (tertiary/aromatic N) is 2. The molecule has 0 spiro atoms. The van der Waals surface area contributed by atoms with Crippen molar-refractivity contribution in [2.45, 2.75) is 32.3 Å². The van der Waals surface area contributed by atoms with Gasteiger partial charge in [0, 0.05) is 19.2 Å². The minimum Gasteiger partial charge on any atom is -0.393 e. The Morgan fingerprint density at radius 1 is 1.60 bits per heavy atom. The Morgan fingerprint density at radius 2 is 2.33 bits per heavy atom. The lowest BCUT2D eigenvalue weighted by Gasteiger charge is -2.09. The van der Waals surface area contributed by atoms with Crippen molar-refractivity contribution in [1.29, 1.82) is 0 Å². The first-order valence-electron chi connectivity index (χ1n) is 5.30. The molecule has 1 aromatic rings. The number of aliphatic hydroxyl groups excluding tert-OH is 1. The summed E-state index contributed by atoms with van der Waals surface area (Å²) < 4.78 is 1.85. The van der Waals surface area contributed by atoms with Gasteiger partial charge in [-0.25, -0.2) is 0 Å². The van der Waals surface area contributed by atoms with Gasteiger partial charge >= 0.3 is 0 Å². The van der Waals surface area contributed by atoms with E-state index in [1.54, 1.807) is 0 Å². The fourth-order valence-corrected chi connectivity index (χ4v) is 2.12. The molecule has 0 saturated heterocycles. The summed E-state index contributed by atoms with van der Waals surface area (Å²) in [6, 6.07) is 2.04. The van der Waals surface area contributed by atoms with Gasteiger partial charge in [-0.1, -0.05) is 0 Å². The second-order valence-electron chi connectivity index (χ2n) is 3.89. The van der Waals surface area contributed by atoms with Gasteiger partial charge in [-0.3, -0.25) is 4.68 Å². The van der Waals surface area contributed by atoms with Gasteiger partial charge in [0.1, 0.15) is 0 Å². The molecule has 1 rings (SSSR count). The molecule has 1 aromatic heterocycles. The average molecular weight is 228 g/mol. The van der Waals surface area contributed by atoms with E-state index >= 15 is 0 Å². The third kappa shape index (κ3) is 4.26. The van der Waals surface area contributed by atoms with Crippen molar-refractivity contribution in [3.63, 3.8) is 0 Å². The quantitative estimate of drug-likeness (QED) is 0.754. The maximum Gasteiger partial charge on any atom is 0.0596 e. The lowest BCUT2D eigenvalue weighted by Crippen LogP contribution is -2.13. The molecule has 0 bridgehead atoms. The van der Waals surface area contributed by atoms with Gasteiger partial charge in [-0.2, -0.15) is 16.9 Å². The van der Waals surface area contributed by atoms with Crippen LogP contribution in [0.5, 0.6) is 0 Å². The fraction of sp³-hybridized carbons (Fsp3) is 0.727. The summed E-state index contributed by atoms with van der Waals surface area (Å²) in [6.45, 7) is 1.98. The molecular formula is C11H20N2OS. The molecule has 0 aliphatic heterocycles. The first-order chi connectivity index (χ1) is 7.13. The molecule has 4 heteroatoms. The van der Waals surface area contributed by atoms with Crippen LogP contribution in [0.25, 0.3) is 0 Å². The molecule has 0 aliphatic carbocycles. The lowest BCUT2D eigenvalue weighted by molar-refractivity contribution is 0.162. The Hall–Kier alpha value is -0.480. The highest BCUT2D eigenvalue weighted by molar-refractivity contribution is 7.98.